The van der Waals surface area contributed by atoms with Gasteiger partial charge in [0.25, 0.3) is 47.3 Å². The van der Waals surface area contributed by atoms with Crippen LogP contribution in [-0.2, 0) is 120 Å². The first kappa shape index (κ1) is 79.3. The van der Waals surface area contributed by atoms with Gasteiger partial charge in [-0.3, -0.25) is 38.4 Å². The average molecular weight is 1310 g/mol. The van der Waals surface area contributed by atoms with Crippen molar-refractivity contribution in [1.29, 1.82) is 0 Å². The number of carbonyl (C=O) groups excluding carboxylic acids is 8. The molecule has 0 radical (unpaired) electrons. The van der Waals surface area contributed by atoms with Gasteiger partial charge >= 0.3 is 86.5 Å². The van der Waals surface area contributed by atoms with Crippen molar-refractivity contribution in [2.75, 3.05) is 9.80 Å². The zero-order chi connectivity index (χ0) is 60.4. The fraction of sp³-hybridized carbons (Fsp3) is 0.0667. The Hall–Kier alpha value is -4.77. The summed E-state index contributed by atoms with van der Waals surface area (Å²) < 4.78 is 276. The summed E-state index contributed by atoms with van der Waals surface area (Å²) in [6, 6.07) is 7.33. The van der Waals surface area contributed by atoms with Crippen LogP contribution in [0.5, 0.6) is 0 Å². The van der Waals surface area contributed by atoms with E-state index < -0.39 is 158 Å². The van der Waals surface area contributed by atoms with Gasteiger partial charge in [-0.15, -0.1) is 7.77 Å². The van der Waals surface area contributed by atoms with E-state index in [0.29, 0.717) is 29.2 Å². The van der Waals surface area contributed by atoms with Crippen LogP contribution in [0.25, 0.3) is 16.5 Å². The minimum atomic E-state index is -6.38. The van der Waals surface area contributed by atoms with Gasteiger partial charge in [-0.25, -0.2) is 77.1 Å². The van der Waals surface area contributed by atoms with Gasteiger partial charge < -0.3 is 16.5 Å². The molecule has 0 aromatic heterocycles. The number of carbonyl (C=O) groups is 8. The number of anilines is 2. The van der Waals surface area contributed by atoms with Crippen LogP contribution >= 0.6 is 0 Å². The second-order valence-corrected chi connectivity index (χ2v) is 25.3. The molecule has 0 saturated carbocycles. The predicted octanol–water partition coefficient (Wildman–Crippen LogP) is -12.4. The van der Waals surface area contributed by atoms with E-state index in [2.05, 4.69) is 4.13 Å². The molecule has 0 saturated heterocycles. The van der Waals surface area contributed by atoms with E-state index >= 15 is 0 Å². The van der Waals surface area contributed by atoms with E-state index in [-0.39, 0.29) is 86.8 Å². The third-order valence-electron chi connectivity index (χ3n) is 7.75. The summed E-state index contributed by atoms with van der Waals surface area (Å²) in [5, 5.41) is 0. The van der Waals surface area contributed by atoms with Gasteiger partial charge in [-0.1, -0.05) is 0 Å². The molecule has 2 aromatic rings. The number of amides is 8. The number of hydrogen-bond donors (Lipinski definition) is 0. The molecule has 4 aliphatic rings. The van der Waals surface area contributed by atoms with Crippen LogP contribution in [0.4, 0.5) is 45.5 Å². The standard InChI is InChI=1S/C11H6F3N2O6S2.C10H6FN2O6S2.C5H2F3N2O6S2.C4H2FN2O6S2.4Li/c12-11(13,14)24(21,22)15-23(19,20)8-3-1-7(2-4-8)16-9(17)5-6-10(16)18;11-21(18,19)12-20(16,17)8-3-1-7(2-4-8)13-9(14)5-6-10(13)15;6-5(7,8)17(13,14)9-18(15,16)10-3(11)1-2-4(10)12;5-14(10,11)6-15(12,13)7-3(8)1-2-4(7)9;;;;/h1-6H;1-6H;1-2H;1-2H;;;;/q4*-1;4*+1. The van der Waals surface area contributed by atoms with Crippen LogP contribution in [0, 0.1) is 0 Å². The van der Waals surface area contributed by atoms with Crippen molar-refractivity contribution in [3.63, 3.8) is 0 Å². The monoisotopic (exact) mass is 1310 g/mol. The molecule has 428 valence electrons. The minimum Gasteiger partial charge on any atom is -0.424 e. The Morgan fingerprint density at radius 3 is 0.780 bits per heavy atom. The molecule has 82 heavy (non-hydrogen) atoms. The Labute approximate surface area is 503 Å². The third kappa shape index (κ3) is 20.8. The van der Waals surface area contributed by atoms with Crippen molar-refractivity contribution >= 4 is 140 Å². The fourth-order valence-electron chi connectivity index (χ4n) is 4.79. The van der Waals surface area contributed by atoms with Crippen LogP contribution in [0.3, 0.4) is 0 Å². The van der Waals surface area contributed by atoms with Gasteiger partial charge in [-0.2, -0.15) is 35.0 Å². The average Bonchev–Trinajstić information content (AvgIpc) is 3.99. The number of rotatable bonds is 14. The van der Waals surface area contributed by atoms with E-state index in [0.717, 1.165) is 77.7 Å². The van der Waals surface area contributed by atoms with Gasteiger partial charge in [0.2, 0.25) is 20.8 Å². The fourth-order valence-corrected chi connectivity index (χ4v) is 12.7. The van der Waals surface area contributed by atoms with Gasteiger partial charge in [0, 0.05) is 58.4 Å². The molecule has 4 heterocycles. The van der Waals surface area contributed by atoms with E-state index in [4.69, 9.17) is 0 Å². The van der Waals surface area contributed by atoms with Gasteiger partial charge in [0.05, 0.1) is 11.4 Å². The summed E-state index contributed by atoms with van der Waals surface area (Å²) in [5.74, 6) is -8.25. The molecule has 6 rings (SSSR count). The van der Waals surface area contributed by atoms with E-state index in [1.807, 2.05) is 4.13 Å². The zero-order valence-corrected chi connectivity index (χ0v) is 46.4. The van der Waals surface area contributed by atoms with Crippen molar-refractivity contribution in [1.82, 2.24) is 8.61 Å². The number of halogens is 8. The summed E-state index contributed by atoms with van der Waals surface area (Å²) in [5.41, 5.74) is -11.8. The first-order valence-electron chi connectivity index (χ1n) is 17.9. The van der Waals surface area contributed by atoms with Crippen LogP contribution in [0.1, 0.15) is 0 Å². The molecule has 0 bridgehead atoms. The number of nitrogens with zero attached hydrogens (tertiary/aromatic N) is 8. The topological polar surface area (TPSA) is 479 Å². The Bertz CT molecular complexity index is 3930. The molecule has 4 aliphatic heterocycles. The second kappa shape index (κ2) is 28.4. The number of hydrogen-bond acceptors (Lipinski definition) is 24. The Kier molecular flexibility index (Phi) is 27.5. The van der Waals surface area contributed by atoms with Crippen molar-refractivity contribution in [2.45, 2.75) is 20.8 Å². The summed E-state index contributed by atoms with van der Waals surface area (Å²) in [7, 11) is -44.6. The number of benzene rings is 2. The van der Waals surface area contributed by atoms with Gasteiger partial charge in [-0.05, 0) is 48.5 Å². The van der Waals surface area contributed by atoms with Crippen molar-refractivity contribution in [2.24, 2.45) is 0 Å². The van der Waals surface area contributed by atoms with E-state index in [1.165, 1.54) is 0 Å². The Balaban J connectivity index is 0. The molecule has 0 fully saturated rings. The molecule has 0 N–H and O–H groups in total. The summed E-state index contributed by atoms with van der Waals surface area (Å²) in [6.07, 6.45) is 6.07. The van der Waals surface area contributed by atoms with Crippen LogP contribution in [-0.4, -0.2) is 134 Å². The van der Waals surface area contributed by atoms with Crippen molar-refractivity contribution in [3.05, 3.63) is 114 Å². The molecule has 0 atom stereocenters. The zero-order valence-electron chi connectivity index (χ0n) is 39.9. The molecule has 52 heteroatoms. The molecular weight excluding hydrogens is 1290 g/mol. The van der Waals surface area contributed by atoms with Crippen LogP contribution in [0.2, 0.25) is 0 Å². The maximum Gasteiger partial charge on any atom is 1.00 e. The van der Waals surface area contributed by atoms with Crippen molar-refractivity contribution in [3.8, 4) is 0 Å². The smallest absolute Gasteiger partial charge is 0.424 e. The summed E-state index contributed by atoms with van der Waals surface area (Å²) >= 11 is 0. The van der Waals surface area contributed by atoms with E-state index in [9.17, 15) is 140 Å². The molecule has 8 amide bonds. The molecule has 0 spiro atoms. The quantitative estimate of drug-likeness (QED) is 0.0733. The first-order valence-corrected chi connectivity index (χ1v) is 29.1. The SMILES string of the molecule is O=C1C=CC(=O)N1S(=O)(=O)[N-]S(=O)(=O)C(F)(F)F.O=C1C=CC(=O)N1S(=O)(=O)[N-]S(=O)(=O)F.O=C1C=CC(=O)N1c1ccc(S(=O)(=O)[N-]S(=O)(=O)C(F)(F)F)cc1.O=C1C=CC(=O)N1c1ccc(S(=O)(=O)[N-]S(=O)(=O)F)cc1.[Li+].[Li+].[Li+].[Li+]. The van der Waals surface area contributed by atoms with Crippen LogP contribution < -0.4 is 85.2 Å². The van der Waals surface area contributed by atoms with E-state index in [1.54, 1.807) is 8.25 Å². The molecule has 32 nitrogen and oxygen atoms in total. The number of alkyl halides is 6. The number of sulfonamides is 4. The number of imide groups is 4. The predicted molar refractivity (Wildman–Crippen MR) is 234 cm³/mol. The first-order chi connectivity index (χ1) is 35.0. The minimum absolute atomic E-state index is 0. The molecular formula is C30H16F8Li4N8O24S8. The maximum atomic E-state index is 12.3. The largest absolute Gasteiger partial charge is 1.00 e. The summed E-state index contributed by atoms with van der Waals surface area (Å²) in [6.45, 7) is 0. The second-order valence-electron chi connectivity index (χ2n) is 13.1. The molecule has 0 unspecified atom stereocenters. The molecule has 0 aliphatic carbocycles. The van der Waals surface area contributed by atoms with Gasteiger partial charge in [0.15, 0.2) is 40.5 Å². The van der Waals surface area contributed by atoms with Gasteiger partial charge in [0.1, 0.15) is 20.0 Å². The Morgan fingerprint density at radius 2 is 0.537 bits per heavy atom. The van der Waals surface area contributed by atoms with Crippen LogP contribution in [0.15, 0.2) is 107 Å². The molecule has 2 aromatic carbocycles. The third-order valence-corrected chi connectivity index (χ3v) is 18.4. The summed E-state index contributed by atoms with van der Waals surface area (Å²) in [4.78, 5) is 89.0. The normalized spacial score (nSPS) is 15.8. The maximum absolute atomic E-state index is 12.3. The van der Waals surface area contributed by atoms with Crippen molar-refractivity contribution < 1.29 is 215 Å². The Morgan fingerprint density at radius 1 is 0.317 bits per heavy atom.